The number of amidine groups is 1. The van der Waals surface area contributed by atoms with Crippen LogP contribution in [-0.2, 0) is 12.4 Å². The minimum atomic E-state index is -4.97. The number of hydrogen-bond donors (Lipinski definition) is 1. The Kier molecular flexibility index (Phi) is 4.66. The molecule has 166 valence electrons. The first kappa shape index (κ1) is 21.0. The number of aliphatic imine (C=N–C) groups is 1. The van der Waals surface area contributed by atoms with Gasteiger partial charge in [-0.3, -0.25) is 0 Å². The molecule has 33 heavy (non-hydrogen) atoms. The molecular weight excluding hydrogens is 444 g/mol. The van der Waals surface area contributed by atoms with Crippen LogP contribution in [0.5, 0.6) is 0 Å². The van der Waals surface area contributed by atoms with Crippen LogP contribution < -0.4 is 5.32 Å². The van der Waals surface area contributed by atoms with Crippen molar-refractivity contribution in [3.63, 3.8) is 0 Å². The van der Waals surface area contributed by atoms with Gasteiger partial charge in [0.15, 0.2) is 5.82 Å². The number of alkyl halides is 6. The molecule has 0 spiro atoms. The molecular formula is C24H13F6N3. The number of nitrogens with one attached hydrogen (secondary N) is 1. The first-order valence-electron chi connectivity index (χ1n) is 9.74. The predicted octanol–water partition coefficient (Wildman–Crippen LogP) is 7.44. The van der Waals surface area contributed by atoms with Crippen molar-refractivity contribution in [3.05, 3.63) is 89.6 Å². The van der Waals surface area contributed by atoms with E-state index in [9.17, 15) is 26.3 Å². The molecule has 9 heteroatoms. The van der Waals surface area contributed by atoms with Crippen molar-refractivity contribution >= 4 is 28.1 Å². The summed E-state index contributed by atoms with van der Waals surface area (Å²) in [5.74, 6) is 0.932. The molecule has 0 saturated heterocycles. The van der Waals surface area contributed by atoms with Gasteiger partial charge >= 0.3 is 12.4 Å². The number of aromatic nitrogens is 1. The summed E-state index contributed by atoms with van der Waals surface area (Å²) in [5, 5.41) is 4.25. The summed E-state index contributed by atoms with van der Waals surface area (Å²) in [6.45, 7) is 0. The lowest BCUT2D eigenvalue weighted by molar-refractivity contribution is -0.142. The molecule has 3 aromatic carbocycles. The third-order valence-electron chi connectivity index (χ3n) is 5.37. The first-order valence-corrected chi connectivity index (χ1v) is 9.74. The highest BCUT2D eigenvalue weighted by atomic mass is 19.4. The number of pyridine rings is 1. The van der Waals surface area contributed by atoms with Gasteiger partial charge in [0.25, 0.3) is 0 Å². The van der Waals surface area contributed by atoms with Crippen LogP contribution in [0.2, 0.25) is 0 Å². The zero-order valence-electron chi connectivity index (χ0n) is 16.6. The molecule has 1 aromatic heterocycles. The van der Waals surface area contributed by atoms with Crippen LogP contribution in [0.3, 0.4) is 0 Å². The van der Waals surface area contributed by atoms with E-state index in [-0.39, 0.29) is 17.2 Å². The van der Waals surface area contributed by atoms with E-state index in [1.165, 1.54) is 6.07 Å². The van der Waals surface area contributed by atoms with Gasteiger partial charge < -0.3 is 5.32 Å². The number of rotatable bonds is 2. The van der Waals surface area contributed by atoms with E-state index in [0.717, 1.165) is 6.07 Å². The molecule has 0 amide bonds. The molecule has 5 rings (SSSR count). The lowest BCUT2D eigenvalue weighted by atomic mass is 9.91. The Balaban J connectivity index is 1.72. The van der Waals surface area contributed by atoms with Gasteiger partial charge in [-0.25, -0.2) is 9.98 Å². The van der Waals surface area contributed by atoms with Crippen molar-refractivity contribution in [1.82, 2.24) is 4.98 Å². The van der Waals surface area contributed by atoms with Crippen LogP contribution in [0.25, 0.3) is 21.9 Å². The van der Waals surface area contributed by atoms with E-state index in [1.807, 2.05) is 0 Å². The molecule has 4 aromatic rings. The Morgan fingerprint density at radius 2 is 1.52 bits per heavy atom. The lowest BCUT2D eigenvalue weighted by Crippen LogP contribution is -2.12. The molecule has 1 aliphatic heterocycles. The van der Waals surface area contributed by atoms with Gasteiger partial charge in [0.05, 0.1) is 11.1 Å². The van der Waals surface area contributed by atoms with Gasteiger partial charge in [-0.1, -0.05) is 36.4 Å². The second-order valence-corrected chi connectivity index (χ2v) is 7.42. The number of hydrogen-bond acceptors (Lipinski definition) is 2. The van der Waals surface area contributed by atoms with Gasteiger partial charge in [-0.15, -0.1) is 0 Å². The summed E-state index contributed by atoms with van der Waals surface area (Å²) in [6, 6.07) is 15.1. The number of benzene rings is 3. The Morgan fingerprint density at radius 1 is 0.727 bits per heavy atom. The van der Waals surface area contributed by atoms with Crippen LogP contribution in [0.4, 0.5) is 37.8 Å². The highest BCUT2D eigenvalue weighted by Crippen LogP contribution is 2.45. The van der Waals surface area contributed by atoms with Crippen molar-refractivity contribution in [1.29, 1.82) is 0 Å². The van der Waals surface area contributed by atoms with Crippen LogP contribution >= 0.6 is 0 Å². The van der Waals surface area contributed by atoms with Crippen molar-refractivity contribution < 1.29 is 26.3 Å². The minimum Gasteiger partial charge on any atom is -0.339 e. The maximum Gasteiger partial charge on any atom is 0.417 e. The smallest absolute Gasteiger partial charge is 0.339 e. The fourth-order valence-corrected chi connectivity index (χ4v) is 3.95. The van der Waals surface area contributed by atoms with E-state index in [4.69, 9.17) is 0 Å². The largest absolute Gasteiger partial charge is 0.417 e. The summed E-state index contributed by atoms with van der Waals surface area (Å²) >= 11 is 0. The molecule has 0 bridgehead atoms. The van der Waals surface area contributed by atoms with Gasteiger partial charge in [0.1, 0.15) is 5.84 Å². The Bertz CT molecular complexity index is 1410. The average Bonchev–Trinajstić information content (AvgIpc) is 3.12. The zero-order chi connectivity index (χ0) is 23.4. The molecule has 0 saturated carbocycles. The quantitative estimate of drug-likeness (QED) is 0.318. The molecule has 2 heterocycles. The maximum atomic E-state index is 13.8. The van der Waals surface area contributed by atoms with Crippen LogP contribution in [0.1, 0.15) is 16.7 Å². The number of halogens is 6. The van der Waals surface area contributed by atoms with Gasteiger partial charge in [0, 0.05) is 22.8 Å². The fraction of sp³-hybridized carbons (Fsp3) is 0.0833. The second kappa shape index (κ2) is 7.33. The normalized spacial score (nSPS) is 14.7. The van der Waals surface area contributed by atoms with E-state index in [0.29, 0.717) is 39.7 Å². The standard InChI is InChI=1S/C24H13F6N3/c25-23(26,27)13-7-8-15(18(12-13)24(28,29)30)14-9-10-19-21-16(14)4-3-5-17(21)22(32-19)33-20-6-1-2-11-31-20/h1-12H,(H,31,32,33). The highest BCUT2D eigenvalue weighted by molar-refractivity contribution is 6.28. The van der Waals surface area contributed by atoms with Gasteiger partial charge in [-0.05, 0) is 46.8 Å². The zero-order valence-corrected chi connectivity index (χ0v) is 16.6. The molecule has 0 unspecified atom stereocenters. The third-order valence-corrected chi connectivity index (χ3v) is 5.37. The molecule has 1 N–H and O–H groups in total. The van der Waals surface area contributed by atoms with Crippen molar-refractivity contribution in [2.75, 3.05) is 5.32 Å². The summed E-state index contributed by atoms with van der Waals surface area (Å²) in [4.78, 5) is 8.64. The summed E-state index contributed by atoms with van der Waals surface area (Å²) < 4.78 is 80.6. The predicted molar refractivity (Wildman–Crippen MR) is 113 cm³/mol. The lowest BCUT2D eigenvalue weighted by Gasteiger charge is -2.17. The van der Waals surface area contributed by atoms with Crippen molar-refractivity contribution in [2.24, 2.45) is 4.99 Å². The topological polar surface area (TPSA) is 37.3 Å². The van der Waals surface area contributed by atoms with Gasteiger partial charge in [-0.2, -0.15) is 26.3 Å². The molecule has 0 aliphatic carbocycles. The average molecular weight is 457 g/mol. The maximum absolute atomic E-state index is 13.8. The van der Waals surface area contributed by atoms with E-state index in [2.05, 4.69) is 15.3 Å². The molecule has 3 nitrogen and oxygen atoms in total. The van der Waals surface area contributed by atoms with E-state index in [1.54, 1.807) is 48.7 Å². The van der Waals surface area contributed by atoms with E-state index < -0.39 is 23.5 Å². The second-order valence-electron chi connectivity index (χ2n) is 7.42. The Hall–Kier alpha value is -3.88. The van der Waals surface area contributed by atoms with Crippen molar-refractivity contribution in [3.8, 4) is 11.1 Å². The highest BCUT2D eigenvalue weighted by Gasteiger charge is 2.38. The number of nitrogens with zero attached hydrogens (tertiary/aromatic N) is 2. The Morgan fingerprint density at radius 3 is 2.21 bits per heavy atom. The summed E-state index contributed by atoms with van der Waals surface area (Å²) in [7, 11) is 0. The fourth-order valence-electron chi connectivity index (χ4n) is 3.95. The molecule has 0 atom stereocenters. The van der Waals surface area contributed by atoms with Crippen LogP contribution in [0.15, 0.2) is 77.9 Å². The summed E-state index contributed by atoms with van der Waals surface area (Å²) in [6.07, 6.45) is -8.27. The minimum absolute atomic E-state index is 0.158. The molecule has 0 fully saturated rings. The monoisotopic (exact) mass is 457 g/mol. The number of anilines is 1. The Labute approximate surface area is 183 Å². The third kappa shape index (κ3) is 3.69. The SMILES string of the molecule is FC(F)(F)c1ccc(-c2ccc3c4c(cccc24)C(=Nc2ccccn2)N3)c(C(F)(F)F)c1. The van der Waals surface area contributed by atoms with Gasteiger partial charge in [0.2, 0.25) is 0 Å². The van der Waals surface area contributed by atoms with Crippen molar-refractivity contribution in [2.45, 2.75) is 12.4 Å². The van der Waals surface area contributed by atoms with E-state index >= 15 is 0 Å². The first-order chi connectivity index (χ1) is 15.6. The van der Waals surface area contributed by atoms with Crippen LogP contribution in [0, 0.1) is 0 Å². The molecule has 1 aliphatic rings. The van der Waals surface area contributed by atoms with Crippen LogP contribution in [-0.4, -0.2) is 10.8 Å². The summed E-state index contributed by atoms with van der Waals surface area (Å²) in [5.41, 5.74) is -1.54. The molecule has 0 radical (unpaired) electrons.